The molecule has 0 rings (SSSR count). The van der Waals surface area contributed by atoms with Gasteiger partial charge in [-0.1, -0.05) is 208 Å². The van der Waals surface area contributed by atoms with Gasteiger partial charge in [0, 0.05) is 19.3 Å². The third-order valence-corrected chi connectivity index (χ3v) is 11.1. The van der Waals surface area contributed by atoms with Crippen LogP contribution in [0.5, 0.6) is 0 Å². The zero-order valence-electron chi connectivity index (χ0n) is 36.3. The first-order chi connectivity index (χ1) is 25.7. The van der Waals surface area contributed by atoms with Crippen molar-refractivity contribution in [1.82, 2.24) is 0 Å². The molecule has 0 aliphatic carbocycles. The summed E-state index contributed by atoms with van der Waals surface area (Å²) in [5.74, 6) is 1.61. The summed E-state index contributed by atoms with van der Waals surface area (Å²) in [6, 6.07) is 0. The predicted octanol–water partition coefficient (Wildman–Crippen LogP) is 14.4. The molecule has 2 unspecified atom stereocenters. The minimum Gasteiger partial charge on any atom is -0.462 e. The van der Waals surface area contributed by atoms with Crippen LogP contribution in [0.2, 0.25) is 0 Å². The minimum atomic E-state index is -0.762. The fourth-order valence-corrected chi connectivity index (χ4v) is 6.81. The lowest BCUT2D eigenvalue weighted by Crippen LogP contribution is -2.30. The van der Waals surface area contributed by atoms with Crippen LogP contribution >= 0.6 is 0 Å². The average Bonchev–Trinajstić information content (AvgIpc) is 3.14. The van der Waals surface area contributed by atoms with Crippen molar-refractivity contribution >= 4 is 17.9 Å². The third-order valence-electron chi connectivity index (χ3n) is 11.1. The van der Waals surface area contributed by atoms with Crippen molar-refractivity contribution in [2.24, 2.45) is 17.8 Å². The Hall–Kier alpha value is -1.59. The molecule has 0 aromatic rings. The van der Waals surface area contributed by atoms with E-state index in [4.69, 9.17) is 14.2 Å². The number of ether oxygens (including phenoxy) is 3. The number of esters is 3. The van der Waals surface area contributed by atoms with Crippen LogP contribution in [0.15, 0.2) is 0 Å². The zero-order chi connectivity index (χ0) is 39.2. The standard InChI is InChI=1S/C47H90O6/c1-7-42(5)34-28-22-16-13-14-18-25-31-37-46(49)52-40-44(53-47(50)38-32-26-20-19-23-29-35-43(6)8-2)39-51-45(48)36-30-24-17-12-10-9-11-15-21-27-33-41(3)4/h41-44H,7-40H2,1-6H3/t42?,43?,44-/m1/s1. The highest BCUT2D eigenvalue weighted by Gasteiger charge is 2.19. The van der Waals surface area contributed by atoms with Crippen molar-refractivity contribution in [2.75, 3.05) is 13.2 Å². The highest BCUT2D eigenvalue weighted by molar-refractivity contribution is 5.71. The Morgan fingerprint density at radius 1 is 0.377 bits per heavy atom. The molecule has 0 saturated carbocycles. The van der Waals surface area contributed by atoms with Crippen LogP contribution in [0.3, 0.4) is 0 Å². The molecule has 0 heterocycles. The Bertz CT molecular complexity index is 826. The molecule has 0 bridgehead atoms. The first-order valence-corrected chi connectivity index (χ1v) is 23.2. The second kappa shape index (κ2) is 38.7. The van der Waals surface area contributed by atoms with Gasteiger partial charge in [-0.25, -0.2) is 0 Å². The summed E-state index contributed by atoms with van der Waals surface area (Å²) in [7, 11) is 0. The van der Waals surface area contributed by atoms with E-state index in [1.165, 1.54) is 128 Å². The maximum absolute atomic E-state index is 12.7. The number of rotatable bonds is 40. The van der Waals surface area contributed by atoms with Crippen LogP contribution in [0, 0.1) is 17.8 Å². The van der Waals surface area contributed by atoms with Crippen LogP contribution in [0.25, 0.3) is 0 Å². The molecule has 0 amide bonds. The molecule has 3 atom stereocenters. The van der Waals surface area contributed by atoms with Gasteiger partial charge in [0.05, 0.1) is 0 Å². The van der Waals surface area contributed by atoms with Crippen LogP contribution in [-0.4, -0.2) is 37.2 Å². The number of unbranched alkanes of at least 4 members (excludes halogenated alkanes) is 21. The van der Waals surface area contributed by atoms with Gasteiger partial charge in [-0.2, -0.15) is 0 Å². The van der Waals surface area contributed by atoms with Crippen molar-refractivity contribution in [3.05, 3.63) is 0 Å². The van der Waals surface area contributed by atoms with Gasteiger partial charge in [-0.15, -0.1) is 0 Å². The second-order valence-corrected chi connectivity index (χ2v) is 17.0. The fourth-order valence-electron chi connectivity index (χ4n) is 6.81. The molecule has 6 heteroatoms. The predicted molar refractivity (Wildman–Crippen MR) is 224 cm³/mol. The zero-order valence-corrected chi connectivity index (χ0v) is 36.3. The lowest BCUT2D eigenvalue weighted by Gasteiger charge is -2.18. The Morgan fingerprint density at radius 3 is 0.981 bits per heavy atom. The summed E-state index contributed by atoms with van der Waals surface area (Å²) >= 11 is 0. The largest absolute Gasteiger partial charge is 0.462 e. The van der Waals surface area contributed by atoms with E-state index in [1.54, 1.807) is 0 Å². The lowest BCUT2D eigenvalue weighted by atomic mass is 9.99. The van der Waals surface area contributed by atoms with Gasteiger partial charge in [-0.05, 0) is 37.0 Å². The summed E-state index contributed by atoms with van der Waals surface area (Å²) in [5, 5.41) is 0. The van der Waals surface area contributed by atoms with Gasteiger partial charge >= 0.3 is 17.9 Å². The maximum atomic E-state index is 12.7. The fraction of sp³-hybridized carbons (Fsp3) is 0.936. The van der Waals surface area contributed by atoms with E-state index < -0.39 is 6.10 Å². The third kappa shape index (κ3) is 38.5. The smallest absolute Gasteiger partial charge is 0.306 e. The number of hydrogen-bond acceptors (Lipinski definition) is 6. The van der Waals surface area contributed by atoms with Crippen molar-refractivity contribution in [2.45, 2.75) is 253 Å². The van der Waals surface area contributed by atoms with E-state index in [2.05, 4.69) is 41.5 Å². The Kier molecular flexibility index (Phi) is 37.5. The number of hydrogen-bond donors (Lipinski definition) is 0. The molecule has 6 nitrogen and oxygen atoms in total. The first-order valence-electron chi connectivity index (χ1n) is 23.2. The van der Waals surface area contributed by atoms with Gasteiger partial charge in [0.1, 0.15) is 13.2 Å². The Balaban J connectivity index is 4.35. The topological polar surface area (TPSA) is 78.9 Å². The molecule has 0 aliphatic rings. The molecule has 0 fully saturated rings. The molecular weight excluding hydrogens is 661 g/mol. The van der Waals surface area contributed by atoms with Gasteiger partial charge in [0.2, 0.25) is 0 Å². The summed E-state index contributed by atoms with van der Waals surface area (Å²) < 4.78 is 16.7. The molecule has 0 N–H and O–H groups in total. The highest BCUT2D eigenvalue weighted by Crippen LogP contribution is 2.18. The SMILES string of the molecule is CCC(C)CCCCCCCCCCC(=O)OC[C@@H](COC(=O)CCCCCCCCCCCCC(C)C)OC(=O)CCCCCCCCC(C)CC. The molecule has 0 aromatic heterocycles. The number of carbonyl (C=O) groups excluding carboxylic acids is 3. The lowest BCUT2D eigenvalue weighted by molar-refractivity contribution is -0.167. The quantitative estimate of drug-likeness (QED) is 0.0352. The van der Waals surface area contributed by atoms with E-state index in [-0.39, 0.29) is 31.1 Å². The minimum absolute atomic E-state index is 0.0669. The normalized spacial score (nSPS) is 13.2. The highest BCUT2D eigenvalue weighted by atomic mass is 16.6. The average molecular weight is 751 g/mol. The molecule has 0 spiro atoms. The summed E-state index contributed by atoms with van der Waals surface area (Å²) in [6.07, 6.45) is 35.1. The molecule has 0 aromatic carbocycles. The first kappa shape index (κ1) is 51.4. The molecule has 0 saturated heterocycles. The van der Waals surface area contributed by atoms with Crippen molar-refractivity contribution in [1.29, 1.82) is 0 Å². The van der Waals surface area contributed by atoms with E-state index in [1.807, 2.05) is 0 Å². The van der Waals surface area contributed by atoms with Crippen LogP contribution in [-0.2, 0) is 28.6 Å². The van der Waals surface area contributed by atoms with Crippen molar-refractivity contribution < 1.29 is 28.6 Å². The second-order valence-electron chi connectivity index (χ2n) is 17.0. The summed E-state index contributed by atoms with van der Waals surface area (Å²) in [4.78, 5) is 37.7. The van der Waals surface area contributed by atoms with Crippen LogP contribution in [0.4, 0.5) is 0 Å². The van der Waals surface area contributed by atoms with Crippen molar-refractivity contribution in [3.8, 4) is 0 Å². The molecule has 0 radical (unpaired) electrons. The Labute approximate surface area is 329 Å². The number of carbonyl (C=O) groups is 3. The molecule has 314 valence electrons. The van der Waals surface area contributed by atoms with Crippen molar-refractivity contribution in [3.63, 3.8) is 0 Å². The van der Waals surface area contributed by atoms with E-state index in [0.29, 0.717) is 19.3 Å². The van der Waals surface area contributed by atoms with E-state index in [9.17, 15) is 14.4 Å². The van der Waals surface area contributed by atoms with E-state index >= 15 is 0 Å². The van der Waals surface area contributed by atoms with Gasteiger partial charge in [0.15, 0.2) is 6.10 Å². The van der Waals surface area contributed by atoms with E-state index in [0.717, 1.165) is 75.5 Å². The summed E-state index contributed by atoms with van der Waals surface area (Å²) in [5.41, 5.74) is 0. The van der Waals surface area contributed by atoms with Gasteiger partial charge in [-0.3, -0.25) is 14.4 Å². The summed E-state index contributed by atoms with van der Waals surface area (Å²) in [6.45, 7) is 13.6. The molecule has 0 aliphatic heterocycles. The maximum Gasteiger partial charge on any atom is 0.306 e. The molecular formula is C47H90O6. The Morgan fingerprint density at radius 2 is 0.660 bits per heavy atom. The molecule has 53 heavy (non-hydrogen) atoms. The van der Waals surface area contributed by atoms with Gasteiger partial charge in [0.25, 0.3) is 0 Å². The van der Waals surface area contributed by atoms with Crippen LogP contribution < -0.4 is 0 Å². The monoisotopic (exact) mass is 751 g/mol. The van der Waals surface area contributed by atoms with Crippen LogP contribution in [0.1, 0.15) is 247 Å². The van der Waals surface area contributed by atoms with Gasteiger partial charge < -0.3 is 14.2 Å².